The molecule has 1 fully saturated rings. The molecule has 0 bridgehead atoms. The predicted octanol–water partition coefficient (Wildman–Crippen LogP) is 4.37. The maximum atomic E-state index is 3.68. The van der Waals surface area contributed by atoms with Crippen LogP contribution in [0.2, 0.25) is 0 Å². The Labute approximate surface area is 102 Å². The second-order valence-corrected chi connectivity index (χ2v) is 6.67. The molecule has 16 heavy (non-hydrogen) atoms. The van der Waals surface area contributed by atoms with Gasteiger partial charge in [0.1, 0.15) is 0 Å². The van der Waals surface area contributed by atoms with Crippen LogP contribution in [0.25, 0.3) is 0 Å². The van der Waals surface area contributed by atoms with Gasteiger partial charge in [-0.1, -0.05) is 39.0 Å². The Morgan fingerprint density at radius 1 is 1.19 bits per heavy atom. The fraction of sp³-hybridized carbons (Fsp3) is 1.00. The first-order valence-corrected chi connectivity index (χ1v) is 7.26. The lowest BCUT2D eigenvalue weighted by atomic mass is 9.89. The Balaban J connectivity index is 2.28. The summed E-state index contributed by atoms with van der Waals surface area (Å²) in [6, 6.07) is 0. The lowest BCUT2D eigenvalue weighted by molar-refractivity contribution is 0.304. The van der Waals surface area contributed by atoms with Crippen LogP contribution in [0.3, 0.4) is 0 Å². The molecule has 1 N–H and O–H groups in total. The highest BCUT2D eigenvalue weighted by Gasteiger charge is 2.20. The van der Waals surface area contributed by atoms with Crippen LogP contribution in [0.15, 0.2) is 0 Å². The third kappa shape index (κ3) is 5.89. The number of nitrogens with one attached hydrogen (secondary N) is 1. The van der Waals surface area contributed by atoms with Crippen molar-refractivity contribution in [2.45, 2.75) is 78.2 Å². The second kappa shape index (κ2) is 6.64. The molecule has 0 aromatic heterocycles. The highest BCUT2D eigenvalue weighted by atomic mass is 14.9. The van der Waals surface area contributed by atoms with E-state index < -0.39 is 0 Å². The minimum atomic E-state index is 0.279. The first-order chi connectivity index (χ1) is 7.51. The van der Waals surface area contributed by atoms with Crippen molar-refractivity contribution in [1.29, 1.82) is 0 Å². The van der Waals surface area contributed by atoms with Crippen molar-refractivity contribution in [3.05, 3.63) is 0 Å². The van der Waals surface area contributed by atoms with Crippen LogP contribution in [0, 0.1) is 11.8 Å². The lowest BCUT2D eigenvalue weighted by Crippen LogP contribution is -2.39. The number of rotatable bonds is 6. The molecule has 1 aliphatic rings. The molecule has 0 radical (unpaired) electrons. The van der Waals surface area contributed by atoms with Gasteiger partial charge in [-0.05, 0) is 52.0 Å². The summed E-state index contributed by atoms with van der Waals surface area (Å²) in [7, 11) is 0. The molecule has 0 heterocycles. The second-order valence-electron chi connectivity index (χ2n) is 6.67. The van der Waals surface area contributed by atoms with Gasteiger partial charge >= 0.3 is 0 Å². The Hall–Kier alpha value is -0.0400. The summed E-state index contributed by atoms with van der Waals surface area (Å²) in [4.78, 5) is 0. The van der Waals surface area contributed by atoms with Crippen LogP contribution in [-0.4, -0.2) is 12.1 Å². The van der Waals surface area contributed by atoms with Crippen LogP contribution in [0.5, 0.6) is 0 Å². The van der Waals surface area contributed by atoms with Gasteiger partial charge in [0.25, 0.3) is 0 Å². The molecular formula is C15H31N. The fourth-order valence-corrected chi connectivity index (χ4v) is 2.88. The quantitative estimate of drug-likeness (QED) is 0.708. The SMILES string of the molecule is CCCC(CNC(C)(C)C)CC1CCCC1. The van der Waals surface area contributed by atoms with E-state index in [-0.39, 0.29) is 5.54 Å². The van der Waals surface area contributed by atoms with Gasteiger partial charge in [-0.2, -0.15) is 0 Å². The van der Waals surface area contributed by atoms with Crippen LogP contribution >= 0.6 is 0 Å². The maximum absolute atomic E-state index is 3.68. The van der Waals surface area contributed by atoms with E-state index in [0.29, 0.717) is 0 Å². The van der Waals surface area contributed by atoms with Gasteiger partial charge in [0.15, 0.2) is 0 Å². The Bertz CT molecular complexity index is 174. The fourth-order valence-electron chi connectivity index (χ4n) is 2.88. The van der Waals surface area contributed by atoms with E-state index in [0.717, 1.165) is 11.8 Å². The van der Waals surface area contributed by atoms with Gasteiger partial charge in [0.05, 0.1) is 0 Å². The van der Waals surface area contributed by atoms with Crippen molar-refractivity contribution in [1.82, 2.24) is 5.32 Å². The molecule has 0 amide bonds. The van der Waals surface area contributed by atoms with E-state index in [4.69, 9.17) is 0 Å². The molecule has 0 aromatic rings. The summed E-state index contributed by atoms with van der Waals surface area (Å²) in [6.45, 7) is 10.3. The third-order valence-electron chi connectivity index (χ3n) is 3.76. The Morgan fingerprint density at radius 2 is 1.81 bits per heavy atom. The van der Waals surface area contributed by atoms with Crippen molar-refractivity contribution in [2.75, 3.05) is 6.54 Å². The summed E-state index contributed by atoms with van der Waals surface area (Å²) < 4.78 is 0. The van der Waals surface area contributed by atoms with E-state index in [2.05, 4.69) is 33.0 Å². The molecule has 1 unspecified atom stereocenters. The number of hydrogen-bond acceptors (Lipinski definition) is 1. The molecule has 1 rings (SSSR count). The van der Waals surface area contributed by atoms with Crippen molar-refractivity contribution in [3.63, 3.8) is 0 Å². The molecule has 1 heteroatoms. The van der Waals surface area contributed by atoms with Crippen LogP contribution in [0.4, 0.5) is 0 Å². The molecule has 0 aromatic carbocycles. The average Bonchev–Trinajstić information content (AvgIpc) is 2.66. The lowest BCUT2D eigenvalue weighted by Gasteiger charge is -2.26. The largest absolute Gasteiger partial charge is 0.312 e. The van der Waals surface area contributed by atoms with Crippen molar-refractivity contribution >= 4 is 0 Å². The standard InChI is InChI=1S/C15H31N/c1-5-8-14(12-16-15(2,3)4)11-13-9-6-7-10-13/h13-14,16H,5-12H2,1-4H3. The highest BCUT2D eigenvalue weighted by molar-refractivity contribution is 4.77. The van der Waals surface area contributed by atoms with E-state index in [9.17, 15) is 0 Å². The van der Waals surface area contributed by atoms with Gasteiger partial charge in [-0.25, -0.2) is 0 Å². The summed E-state index contributed by atoms with van der Waals surface area (Å²) in [5.74, 6) is 1.95. The number of hydrogen-bond donors (Lipinski definition) is 1. The Morgan fingerprint density at radius 3 is 2.31 bits per heavy atom. The molecule has 1 saturated carbocycles. The summed E-state index contributed by atoms with van der Waals surface area (Å²) >= 11 is 0. The molecule has 0 aliphatic heterocycles. The van der Waals surface area contributed by atoms with E-state index in [1.807, 2.05) is 0 Å². The Kier molecular flexibility index (Phi) is 5.82. The van der Waals surface area contributed by atoms with Crippen LogP contribution < -0.4 is 5.32 Å². The van der Waals surface area contributed by atoms with Crippen LogP contribution in [-0.2, 0) is 0 Å². The molecule has 0 spiro atoms. The molecule has 1 atom stereocenters. The summed E-state index contributed by atoms with van der Waals surface area (Å²) in [5, 5.41) is 3.68. The van der Waals surface area contributed by atoms with Gasteiger partial charge in [0.2, 0.25) is 0 Å². The van der Waals surface area contributed by atoms with E-state index in [1.165, 1.54) is 51.5 Å². The first kappa shape index (κ1) is 14.0. The minimum Gasteiger partial charge on any atom is -0.312 e. The normalized spacial score (nSPS) is 20.2. The summed E-state index contributed by atoms with van der Waals surface area (Å²) in [5.41, 5.74) is 0.279. The molecule has 0 saturated heterocycles. The zero-order chi connectivity index (χ0) is 12.0. The molecular weight excluding hydrogens is 194 g/mol. The van der Waals surface area contributed by atoms with E-state index >= 15 is 0 Å². The van der Waals surface area contributed by atoms with Gasteiger partial charge in [-0.15, -0.1) is 0 Å². The zero-order valence-electron chi connectivity index (χ0n) is 11.8. The van der Waals surface area contributed by atoms with Gasteiger partial charge in [0, 0.05) is 5.54 Å². The van der Waals surface area contributed by atoms with E-state index in [1.54, 1.807) is 0 Å². The highest BCUT2D eigenvalue weighted by Crippen LogP contribution is 2.31. The predicted molar refractivity (Wildman–Crippen MR) is 72.7 cm³/mol. The first-order valence-electron chi connectivity index (χ1n) is 7.26. The van der Waals surface area contributed by atoms with Crippen molar-refractivity contribution < 1.29 is 0 Å². The van der Waals surface area contributed by atoms with Gasteiger partial charge in [-0.3, -0.25) is 0 Å². The smallest absolute Gasteiger partial charge is 0.00966 e. The summed E-state index contributed by atoms with van der Waals surface area (Å²) in [6.07, 6.45) is 10.2. The molecule has 96 valence electrons. The third-order valence-corrected chi connectivity index (χ3v) is 3.76. The minimum absolute atomic E-state index is 0.279. The monoisotopic (exact) mass is 225 g/mol. The van der Waals surface area contributed by atoms with Crippen molar-refractivity contribution in [3.8, 4) is 0 Å². The maximum Gasteiger partial charge on any atom is 0.00966 e. The van der Waals surface area contributed by atoms with Gasteiger partial charge < -0.3 is 5.32 Å². The molecule has 1 aliphatic carbocycles. The zero-order valence-corrected chi connectivity index (χ0v) is 11.8. The topological polar surface area (TPSA) is 12.0 Å². The van der Waals surface area contributed by atoms with Crippen LogP contribution in [0.1, 0.15) is 72.6 Å². The average molecular weight is 225 g/mol. The molecule has 1 nitrogen and oxygen atoms in total. The van der Waals surface area contributed by atoms with Crippen molar-refractivity contribution in [2.24, 2.45) is 11.8 Å².